The van der Waals surface area contributed by atoms with Crippen molar-refractivity contribution in [2.75, 3.05) is 4.90 Å². The minimum absolute atomic E-state index is 0.00901. The van der Waals surface area contributed by atoms with Crippen molar-refractivity contribution in [3.05, 3.63) is 114 Å². The van der Waals surface area contributed by atoms with E-state index in [4.69, 9.17) is 21.5 Å². The van der Waals surface area contributed by atoms with Crippen LogP contribution in [0.3, 0.4) is 0 Å². The summed E-state index contributed by atoms with van der Waals surface area (Å²) in [6.07, 6.45) is 1.54. The third-order valence-corrected chi connectivity index (χ3v) is 6.31. The van der Waals surface area contributed by atoms with E-state index in [9.17, 15) is 9.59 Å². The Morgan fingerprint density at radius 1 is 0.842 bits per heavy atom. The van der Waals surface area contributed by atoms with Crippen LogP contribution in [-0.2, 0) is 9.59 Å². The second-order valence-electron chi connectivity index (χ2n) is 8.52. The number of fused-ring (bicyclic) bond motifs is 1. The zero-order valence-corrected chi connectivity index (χ0v) is 20.6. The highest BCUT2D eigenvalue weighted by Crippen LogP contribution is 2.31. The number of benzene rings is 4. The van der Waals surface area contributed by atoms with Crippen molar-refractivity contribution < 1.29 is 18.8 Å². The summed E-state index contributed by atoms with van der Waals surface area (Å²) in [5, 5.41) is 7.53. The number of rotatable bonds is 5. The van der Waals surface area contributed by atoms with Crippen molar-refractivity contribution in [2.45, 2.75) is 0 Å². The van der Waals surface area contributed by atoms with Gasteiger partial charge in [0.2, 0.25) is 0 Å². The Morgan fingerprint density at radius 2 is 1.53 bits per heavy atom. The van der Waals surface area contributed by atoms with Gasteiger partial charge in [-0.15, -0.1) is 0 Å². The number of aromatic nitrogens is 1. The number of carbonyl (C=O) groups is 2. The number of carbonyl (C=O) groups excluding carboxylic acids is 2. The second kappa shape index (κ2) is 9.76. The van der Waals surface area contributed by atoms with Gasteiger partial charge in [-0.05, 0) is 72.4 Å². The molecule has 0 spiro atoms. The highest BCUT2D eigenvalue weighted by molar-refractivity contribution is 7.80. The Morgan fingerprint density at radius 3 is 2.26 bits per heavy atom. The molecule has 0 radical (unpaired) electrons. The molecule has 1 saturated heterocycles. The minimum Gasteiger partial charge on any atom is -0.457 e. The van der Waals surface area contributed by atoms with Crippen LogP contribution in [0.5, 0.6) is 11.5 Å². The number of thiocarbonyl (C=S) groups is 1. The summed E-state index contributed by atoms with van der Waals surface area (Å²) in [5.41, 5.74) is 2.66. The molecule has 38 heavy (non-hydrogen) atoms. The average Bonchev–Trinajstić information content (AvgIpc) is 3.36. The molecule has 1 N–H and O–H groups in total. The first-order valence-corrected chi connectivity index (χ1v) is 12.2. The van der Waals surface area contributed by atoms with E-state index in [0.29, 0.717) is 34.0 Å². The van der Waals surface area contributed by atoms with E-state index in [2.05, 4.69) is 10.5 Å². The first kappa shape index (κ1) is 23.3. The molecule has 4 aromatic carbocycles. The average molecular weight is 518 g/mol. The number of nitrogens with zero attached hydrogens (tertiary/aromatic N) is 2. The van der Waals surface area contributed by atoms with Crippen molar-refractivity contribution in [1.29, 1.82) is 0 Å². The van der Waals surface area contributed by atoms with E-state index in [1.54, 1.807) is 42.5 Å². The molecule has 1 aromatic heterocycles. The van der Waals surface area contributed by atoms with Gasteiger partial charge in [0.1, 0.15) is 22.6 Å². The van der Waals surface area contributed by atoms with Crippen LogP contribution in [0.25, 0.3) is 28.3 Å². The minimum atomic E-state index is -0.561. The van der Waals surface area contributed by atoms with Gasteiger partial charge in [-0.2, -0.15) is 0 Å². The lowest BCUT2D eigenvalue weighted by Gasteiger charge is -2.29. The van der Waals surface area contributed by atoms with Crippen LogP contribution in [0.1, 0.15) is 5.56 Å². The molecule has 2 heterocycles. The van der Waals surface area contributed by atoms with Gasteiger partial charge < -0.3 is 9.26 Å². The summed E-state index contributed by atoms with van der Waals surface area (Å²) >= 11 is 5.34. The van der Waals surface area contributed by atoms with Gasteiger partial charge in [0.15, 0.2) is 10.9 Å². The summed E-state index contributed by atoms with van der Waals surface area (Å²) < 4.78 is 11.4. The van der Waals surface area contributed by atoms with E-state index in [-0.39, 0.29) is 10.7 Å². The number of para-hydroxylation sites is 1. The zero-order valence-electron chi connectivity index (χ0n) is 19.8. The topological polar surface area (TPSA) is 84.7 Å². The van der Waals surface area contributed by atoms with Crippen molar-refractivity contribution >= 4 is 51.8 Å². The lowest BCUT2D eigenvalue weighted by molar-refractivity contribution is -0.122. The Bertz CT molecular complexity index is 1710. The molecule has 1 aliphatic rings. The summed E-state index contributed by atoms with van der Waals surface area (Å²) in [4.78, 5) is 27.6. The number of hydrogen-bond donors (Lipinski definition) is 1. The predicted molar refractivity (Wildman–Crippen MR) is 149 cm³/mol. The van der Waals surface area contributed by atoms with Crippen molar-refractivity contribution in [3.8, 4) is 22.8 Å². The maximum atomic E-state index is 13.5. The first-order chi connectivity index (χ1) is 18.6. The molecule has 6 rings (SSSR count). The van der Waals surface area contributed by atoms with E-state index in [0.717, 1.165) is 10.9 Å². The summed E-state index contributed by atoms with van der Waals surface area (Å²) in [6.45, 7) is 0. The monoisotopic (exact) mass is 517 g/mol. The normalized spacial score (nSPS) is 14.7. The number of anilines is 1. The molecule has 2 amide bonds. The fourth-order valence-corrected chi connectivity index (χ4v) is 4.47. The van der Waals surface area contributed by atoms with Gasteiger partial charge in [0, 0.05) is 5.56 Å². The van der Waals surface area contributed by atoms with Crippen LogP contribution in [0.4, 0.5) is 5.69 Å². The van der Waals surface area contributed by atoms with Gasteiger partial charge >= 0.3 is 0 Å². The molecule has 8 heteroatoms. The molecule has 1 fully saturated rings. The smallest absolute Gasteiger partial charge is 0.270 e. The second-order valence-corrected chi connectivity index (χ2v) is 8.91. The van der Waals surface area contributed by atoms with Crippen LogP contribution < -0.4 is 15.0 Å². The maximum Gasteiger partial charge on any atom is 0.270 e. The Balaban J connectivity index is 1.30. The molecule has 0 saturated carbocycles. The van der Waals surface area contributed by atoms with Gasteiger partial charge in [0.05, 0.1) is 11.1 Å². The van der Waals surface area contributed by atoms with Crippen LogP contribution in [0, 0.1) is 0 Å². The third kappa shape index (κ3) is 4.44. The van der Waals surface area contributed by atoms with Crippen molar-refractivity contribution in [2.24, 2.45) is 0 Å². The standard InChI is InChI=1S/C30H19N3O4S/c34-28-25(18-19-11-16-26-24(17-19)27(37-32-26)20-7-3-1-4-8-20)29(35)33(30(38)31-28)21-12-14-23(15-13-21)36-22-9-5-2-6-10-22/h1-18H,(H,31,34,38)/b25-18-. The molecule has 0 aliphatic carbocycles. The van der Waals surface area contributed by atoms with Crippen LogP contribution in [-0.4, -0.2) is 22.1 Å². The third-order valence-electron chi connectivity index (χ3n) is 6.02. The zero-order chi connectivity index (χ0) is 26.1. The number of ether oxygens (including phenoxy) is 1. The SMILES string of the molecule is O=C1NC(=S)N(c2ccc(Oc3ccccc3)cc2)C(=O)/C1=C\c1ccc2noc(-c3ccccc3)c2c1. The molecule has 1 aliphatic heterocycles. The van der Waals surface area contributed by atoms with E-state index in [1.807, 2.05) is 66.7 Å². The fraction of sp³-hybridized carbons (Fsp3) is 0. The molecule has 184 valence electrons. The number of hydrogen-bond acceptors (Lipinski definition) is 6. The molecule has 5 aromatic rings. The quantitative estimate of drug-likeness (QED) is 0.172. The first-order valence-electron chi connectivity index (χ1n) is 11.8. The van der Waals surface area contributed by atoms with Crippen LogP contribution in [0.2, 0.25) is 0 Å². The largest absolute Gasteiger partial charge is 0.457 e. The molecule has 0 bridgehead atoms. The number of amides is 2. The highest BCUT2D eigenvalue weighted by Gasteiger charge is 2.34. The van der Waals surface area contributed by atoms with Gasteiger partial charge in [0.25, 0.3) is 11.8 Å². The fourth-order valence-electron chi connectivity index (χ4n) is 4.19. The van der Waals surface area contributed by atoms with Gasteiger partial charge in [-0.25, -0.2) is 0 Å². The molecule has 0 atom stereocenters. The van der Waals surface area contributed by atoms with E-state index in [1.165, 1.54) is 4.90 Å². The predicted octanol–water partition coefficient (Wildman–Crippen LogP) is 6.12. The van der Waals surface area contributed by atoms with Gasteiger partial charge in [-0.3, -0.25) is 19.8 Å². The Labute approximate surface area is 222 Å². The number of nitrogens with one attached hydrogen (secondary N) is 1. The van der Waals surface area contributed by atoms with Crippen LogP contribution in [0.15, 0.2) is 113 Å². The van der Waals surface area contributed by atoms with E-state index >= 15 is 0 Å². The lowest BCUT2D eigenvalue weighted by atomic mass is 10.0. The molecule has 7 nitrogen and oxygen atoms in total. The summed E-state index contributed by atoms with van der Waals surface area (Å²) in [5.74, 6) is 0.827. The highest BCUT2D eigenvalue weighted by atomic mass is 32.1. The van der Waals surface area contributed by atoms with Gasteiger partial charge in [-0.1, -0.05) is 59.8 Å². The molecular weight excluding hydrogens is 498 g/mol. The molecular formula is C30H19N3O4S. The maximum absolute atomic E-state index is 13.5. The Hall–Kier alpha value is -5.08. The Kier molecular flexibility index (Phi) is 5.99. The lowest BCUT2D eigenvalue weighted by Crippen LogP contribution is -2.54. The summed E-state index contributed by atoms with van der Waals surface area (Å²) in [6, 6.07) is 31.3. The van der Waals surface area contributed by atoms with Crippen molar-refractivity contribution in [3.63, 3.8) is 0 Å². The summed E-state index contributed by atoms with van der Waals surface area (Å²) in [7, 11) is 0. The van der Waals surface area contributed by atoms with E-state index < -0.39 is 11.8 Å². The van der Waals surface area contributed by atoms with Crippen molar-refractivity contribution in [1.82, 2.24) is 10.5 Å². The molecule has 0 unspecified atom stereocenters. The van der Waals surface area contributed by atoms with Crippen LogP contribution >= 0.6 is 12.2 Å².